The van der Waals surface area contributed by atoms with E-state index in [0.717, 1.165) is 24.2 Å². The number of aliphatic hydroxyl groups is 1. The maximum atomic E-state index is 10.4. The first-order valence-corrected chi connectivity index (χ1v) is 7.35. The predicted octanol–water partition coefficient (Wildman–Crippen LogP) is 2.93. The highest BCUT2D eigenvalue weighted by atomic mass is 32.2. The van der Waals surface area contributed by atoms with Crippen LogP contribution in [-0.2, 0) is 6.54 Å². The minimum atomic E-state index is -0.443. The Morgan fingerprint density at radius 3 is 2.71 bits per heavy atom. The fraction of sp³-hybridized carbons (Fsp3) is 0.571. The van der Waals surface area contributed by atoms with Crippen molar-refractivity contribution in [3.63, 3.8) is 0 Å². The average Bonchev–Trinajstić information content (AvgIpc) is 2.38. The minimum absolute atomic E-state index is 0.443. The van der Waals surface area contributed by atoms with Crippen LogP contribution in [0.3, 0.4) is 0 Å². The van der Waals surface area contributed by atoms with E-state index in [-0.39, 0.29) is 0 Å². The second-order valence-electron chi connectivity index (χ2n) is 4.93. The molecule has 1 aromatic carbocycles. The summed E-state index contributed by atoms with van der Waals surface area (Å²) in [6.45, 7) is 0.582. The van der Waals surface area contributed by atoms with Crippen molar-refractivity contribution in [1.82, 2.24) is 0 Å². The molecule has 94 valence electrons. The fourth-order valence-electron chi connectivity index (χ4n) is 2.33. The van der Waals surface area contributed by atoms with Gasteiger partial charge in [-0.05, 0) is 30.5 Å². The van der Waals surface area contributed by atoms with Gasteiger partial charge in [0.25, 0.3) is 0 Å². The third-order valence-electron chi connectivity index (χ3n) is 3.43. The van der Waals surface area contributed by atoms with Crippen molar-refractivity contribution in [2.24, 2.45) is 5.73 Å². The highest BCUT2D eigenvalue weighted by Crippen LogP contribution is 2.33. The zero-order valence-corrected chi connectivity index (χ0v) is 11.0. The van der Waals surface area contributed by atoms with Gasteiger partial charge in [-0.15, -0.1) is 11.8 Å². The number of thioether (sulfide) groups is 1. The number of benzene rings is 1. The van der Waals surface area contributed by atoms with Gasteiger partial charge >= 0.3 is 0 Å². The van der Waals surface area contributed by atoms with Crippen molar-refractivity contribution in [3.8, 4) is 0 Å². The minimum Gasteiger partial charge on any atom is -0.389 e. The van der Waals surface area contributed by atoms with Crippen LogP contribution in [0.2, 0.25) is 0 Å². The summed E-state index contributed by atoms with van der Waals surface area (Å²) >= 11 is 1.75. The molecule has 3 heteroatoms. The van der Waals surface area contributed by atoms with E-state index in [9.17, 15) is 5.11 Å². The molecule has 0 amide bonds. The summed E-state index contributed by atoms with van der Waals surface area (Å²) in [5, 5.41) is 10.4. The number of hydrogen-bond donors (Lipinski definition) is 2. The van der Waals surface area contributed by atoms with Gasteiger partial charge in [-0.3, -0.25) is 0 Å². The van der Waals surface area contributed by atoms with Gasteiger partial charge in [-0.25, -0.2) is 0 Å². The van der Waals surface area contributed by atoms with Crippen LogP contribution in [-0.4, -0.2) is 16.5 Å². The van der Waals surface area contributed by atoms with E-state index >= 15 is 0 Å². The SMILES string of the molecule is NCc1cccc(SCC2(O)CCCCC2)c1. The molecule has 0 saturated heterocycles. The lowest BCUT2D eigenvalue weighted by atomic mass is 9.86. The van der Waals surface area contributed by atoms with Gasteiger partial charge in [0.1, 0.15) is 0 Å². The monoisotopic (exact) mass is 251 g/mol. The van der Waals surface area contributed by atoms with E-state index in [4.69, 9.17) is 5.73 Å². The van der Waals surface area contributed by atoms with Gasteiger partial charge in [-0.2, -0.15) is 0 Å². The van der Waals surface area contributed by atoms with Crippen molar-refractivity contribution in [2.75, 3.05) is 5.75 Å². The number of nitrogens with two attached hydrogens (primary N) is 1. The third kappa shape index (κ3) is 3.73. The van der Waals surface area contributed by atoms with Gasteiger partial charge in [0.2, 0.25) is 0 Å². The third-order valence-corrected chi connectivity index (χ3v) is 4.69. The maximum absolute atomic E-state index is 10.4. The largest absolute Gasteiger partial charge is 0.389 e. The highest BCUT2D eigenvalue weighted by molar-refractivity contribution is 7.99. The van der Waals surface area contributed by atoms with E-state index in [2.05, 4.69) is 12.1 Å². The molecule has 0 unspecified atom stereocenters. The summed E-state index contributed by atoms with van der Waals surface area (Å²) in [4.78, 5) is 1.21. The fourth-order valence-corrected chi connectivity index (χ4v) is 3.47. The van der Waals surface area contributed by atoms with E-state index in [1.54, 1.807) is 11.8 Å². The predicted molar refractivity (Wildman–Crippen MR) is 73.1 cm³/mol. The molecule has 0 aliphatic heterocycles. The molecule has 0 aromatic heterocycles. The molecule has 1 aliphatic carbocycles. The first-order valence-electron chi connectivity index (χ1n) is 6.36. The van der Waals surface area contributed by atoms with Crippen molar-refractivity contribution in [2.45, 2.75) is 49.1 Å². The molecular weight excluding hydrogens is 230 g/mol. The Balaban J connectivity index is 1.92. The van der Waals surface area contributed by atoms with E-state index in [1.807, 2.05) is 12.1 Å². The average molecular weight is 251 g/mol. The van der Waals surface area contributed by atoms with Crippen molar-refractivity contribution < 1.29 is 5.11 Å². The molecule has 1 aliphatic rings. The summed E-state index contributed by atoms with van der Waals surface area (Å²) in [5.41, 5.74) is 6.34. The lowest BCUT2D eigenvalue weighted by molar-refractivity contribution is 0.0273. The van der Waals surface area contributed by atoms with E-state index < -0.39 is 5.60 Å². The van der Waals surface area contributed by atoms with Crippen LogP contribution in [0, 0.1) is 0 Å². The molecular formula is C14H21NOS. The summed E-state index contributed by atoms with van der Waals surface area (Å²) in [6.07, 6.45) is 5.52. The molecule has 17 heavy (non-hydrogen) atoms. The van der Waals surface area contributed by atoms with Gasteiger partial charge in [-0.1, -0.05) is 31.4 Å². The molecule has 0 heterocycles. The molecule has 2 rings (SSSR count). The van der Waals surface area contributed by atoms with Gasteiger partial charge in [0.05, 0.1) is 5.60 Å². The first kappa shape index (κ1) is 12.9. The van der Waals surface area contributed by atoms with Crippen molar-refractivity contribution >= 4 is 11.8 Å². The van der Waals surface area contributed by atoms with E-state index in [1.165, 1.54) is 24.2 Å². The number of rotatable bonds is 4. The first-order chi connectivity index (χ1) is 8.22. The number of hydrogen-bond acceptors (Lipinski definition) is 3. The van der Waals surface area contributed by atoms with Crippen molar-refractivity contribution in [1.29, 1.82) is 0 Å². The van der Waals surface area contributed by atoms with Gasteiger partial charge in [0, 0.05) is 17.2 Å². The summed E-state index contributed by atoms with van der Waals surface area (Å²) in [7, 11) is 0. The Labute approximate surface area is 108 Å². The zero-order valence-electron chi connectivity index (χ0n) is 10.2. The summed E-state index contributed by atoms with van der Waals surface area (Å²) in [6, 6.07) is 8.29. The lowest BCUT2D eigenvalue weighted by Crippen LogP contribution is -2.33. The highest BCUT2D eigenvalue weighted by Gasteiger charge is 2.28. The quantitative estimate of drug-likeness (QED) is 0.809. The molecule has 0 bridgehead atoms. The molecule has 1 saturated carbocycles. The van der Waals surface area contributed by atoms with Crippen LogP contribution in [0.15, 0.2) is 29.2 Å². The van der Waals surface area contributed by atoms with Crippen LogP contribution in [0.4, 0.5) is 0 Å². The molecule has 0 spiro atoms. The topological polar surface area (TPSA) is 46.2 Å². The maximum Gasteiger partial charge on any atom is 0.0741 e. The van der Waals surface area contributed by atoms with Crippen molar-refractivity contribution in [3.05, 3.63) is 29.8 Å². The second-order valence-corrected chi connectivity index (χ2v) is 5.97. The molecule has 1 fully saturated rings. The Morgan fingerprint density at radius 1 is 1.24 bits per heavy atom. The second kappa shape index (κ2) is 5.89. The van der Waals surface area contributed by atoms with Gasteiger partial charge in [0.15, 0.2) is 0 Å². The standard InChI is InChI=1S/C14H21NOS/c15-10-12-5-4-6-13(9-12)17-11-14(16)7-2-1-3-8-14/h4-6,9,16H,1-3,7-8,10-11,15H2. The zero-order chi connectivity index (χ0) is 12.1. The lowest BCUT2D eigenvalue weighted by Gasteiger charge is -2.31. The molecule has 2 nitrogen and oxygen atoms in total. The van der Waals surface area contributed by atoms with Crippen LogP contribution < -0.4 is 5.73 Å². The Morgan fingerprint density at radius 2 is 2.00 bits per heavy atom. The Hall–Kier alpha value is -0.510. The smallest absolute Gasteiger partial charge is 0.0741 e. The van der Waals surface area contributed by atoms with Crippen LogP contribution in [0.25, 0.3) is 0 Å². The molecule has 1 aromatic rings. The molecule has 0 atom stereocenters. The van der Waals surface area contributed by atoms with Crippen LogP contribution in [0.1, 0.15) is 37.7 Å². The summed E-state index contributed by atoms with van der Waals surface area (Å²) < 4.78 is 0. The van der Waals surface area contributed by atoms with Crippen LogP contribution in [0.5, 0.6) is 0 Å². The van der Waals surface area contributed by atoms with Gasteiger partial charge < -0.3 is 10.8 Å². The van der Waals surface area contributed by atoms with Crippen LogP contribution >= 0.6 is 11.8 Å². The molecule has 0 radical (unpaired) electrons. The Kier molecular flexibility index (Phi) is 4.48. The van der Waals surface area contributed by atoms with E-state index in [0.29, 0.717) is 6.54 Å². The normalized spacial score (nSPS) is 19.2. The summed E-state index contributed by atoms with van der Waals surface area (Å²) in [5.74, 6) is 0.807. The Bertz CT molecular complexity index is 361. The molecule has 3 N–H and O–H groups in total.